The molecule has 2 N–H and O–H groups in total. The molecule has 2 heterocycles. The lowest BCUT2D eigenvalue weighted by Crippen LogP contribution is -2.21. The fourth-order valence-electron chi connectivity index (χ4n) is 5.15. The van der Waals surface area contributed by atoms with Gasteiger partial charge in [-0.1, -0.05) is 48.5 Å². The summed E-state index contributed by atoms with van der Waals surface area (Å²) in [5.41, 5.74) is 11.8. The van der Waals surface area contributed by atoms with Gasteiger partial charge < -0.3 is 19.6 Å². The summed E-state index contributed by atoms with van der Waals surface area (Å²) in [7, 11) is 0. The number of nitrogens with two attached hydrogens (primary N) is 1. The van der Waals surface area contributed by atoms with E-state index in [0.717, 1.165) is 44.0 Å². The van der Waals surface area contributed by atoms with Crippen LogP contribution in [0.2, 0.25) is 0 Å². The quantitative estimate of drug-likeness (QED) is 0.213. The van der Waals surface area contributed by atoms with Crippen molar-refractivity contribution < 1.29 is 18.7 Å². The number of aryl methyl sites for hydroxylation is 3. The highest BCUT2D eigenvalue weighted by Gasteiger charge is 2.32. The van der Waals surface area contributed by atoms with Crippen LogP contribution in [0.1, 0.15) is 44.3 Å². The van der Waals surface area contributed by atoms with Gasteiger partial charge in [0.15, 0.2) is 0 Å². The highest BCUT2D eigenvalue weighted by Crippen LogP contribution is 2.45. The minimum Gasteiger partial charge on any atom is -0.449 e. The molecule has 0 spiro atoms. The maximum Gasteiger partial charge on any atom is 0.379 e. The van der Waals surface area contributed by atoms with E-state index in [4.69, 9.17) is 19.6 Å². The van der Waals surface area contributed by atoms with Gasteiger partial charge in [-0.05, 0) is 66.4 Å². The van der Waals surface area contributed by atoms with E-state index in [1.54, 1.807) is 12.1 Å². The fourth-order valence-corrected chi connectivity index (χ4v) is 5.15. The van der Waals surface area contributed by atoms with E-state index < -0.39 is 11.9 Å². The second-order valence-corrected chi connectivity index (χ2v) is 9.57. The molecular formula is C32H24N2O4. The Labute approximate surface area is 219 Å². The van der Waals surface area contributed by atoms with Gasteiger partial charge in [0.2, 0.25) is 11.6 Å². The molecule has 1 aliphatic rings. The first kappa shape index (κ1) is 23.4. The number of benzene rings is 4. The first-order valence-corrected chi connectivity index (χ1v) is 12.3. The monoisotopic (exact) mass is 500 g/mol. The molecule has 0 saturated carbocycles. The number of nitriles is 1. The summed E-state index contributed by atoms with van der Waals surface area (Å²) in [5, 5.41) is 12.9. The van der Waals surface area contributed by atoms with Crippen LogP contribution in [0.15, 0.2) is 88.7 Å². The average Bonchev–Trinajstić information content (AvgIpc) is 3.22. The molecule has 0 radical (unpaired) electrons. The number of nitrogens with zero attached hydrogens (tertiary/aromatic N) is 1. The van der Waals surface area contributed by atoms with Gasteiger partial charge in [0.1, 0.15) is 28.7 Å². The second-order valence-electron chi connectivity index (χ2n) is 9.57. The summed E-state index contributed by atoms with van der Waals surface area (Å²) in [6, 6.07) is 25.3. The Balaban J connectivity index is 1.38. The third kappa shape index (κ3) is 3.68. The Morgan fingerprint density at radius 1 is 0.921 bits per heavy atom. The molecule has 0 fully saturated rings. The minimum absolute atomic E-state index is 0.0280. The number of carbonyl (C=O) groups excluding carboxylic acids is 1. The van der Waals surface area contributed by atoms with Crippen molar-refractivity contribution in [2.24, 2.45) is 5.73 Å². The summed E-state index contributed by atoms with van der Waals surface area (Å²) in [5.74, 6) is -0.132. The molecule has 0 bridgehead atoms. The van der Waals surface area contributed by atoms with E-state index in [1.165, 1.54) is 0 Å². The summed E-state index contributed by atoms with van der Waals surface area (Å²) in [6.07, 6.45) is 0. The van der Waals surface area contributed by atoms with Crippen LogP contribution >= 0.6 is 0 Å². The number of esters is 1. The molecule has 6 heteroatoms. The Bertz CT molecular complexity index is 1850. The third-order valence-electron chi connectivity index (χ3n) is 7.27. The van der Waals surface area contributed by atoms with Crippen LogP contribution in [-0.4, -0.2) is 5.97 Å². The predicted octanol–water partition coefficient (Wildman–Crippen LogP) is 6.95. The van der Waals surface area contributed by atoms with E-state index in [2.05, 4.69) is 6.07 Å². The number of carbonyl (C=O) groups is 1. The summed E-state index contributed by atoms with van der Waals surface area (Å²) in [6.45, 7) is 5.87. The molecule has 1 unspecified atom stereocenters. The zero-order chi connectivity index (χ0) is 26.6. The van der Waals surface area contributed by atoms with Crippen molar-refractivity contribution in [3.05, 3.63) is 118 Å². The number of fused-ring (bicyclic) bond motifs is 3. The Hall–Kier alpha value is -5.02. The van der Waals surface area contributed by atoms with E-state index in [1.807, 2.05) is 81.4 Å². The second kappa shape index (κ2) is 8.82. The molecule has 0 amide bonds. The van der Waals surface area contributed by atoms with Crippen LogP contribution < -0.4 is 15.2 Å². The molecule has 4 aromatic carbocycles. The van der Waals surface area contributed by atoms with Gasteiger partial charge >= 0.3 is 5.97 Å². The Morgan fingerprint density at radius 2 is 1.68 bits per heavy atom. The van der Waals surface area contributed by atoms with E-state index in [0.29, 0.717) is 16.9 Å². The maximum atomic E-state index is 13.1. The smallest absolute Gasteiger partial charge is 0.379 e. The van der Waals surface area contributed by atoms with Crippen molar-refractivity contribution in [1.82, 2.24) is 0 Å². The van der Waals surface area contributed by atoms with E-state index >= 15 is 0 Å². The van der Waals surface area contributed by atoms with Gasteiger partial charge in [0.25, 0.3) is 0 Å². The SMILES string of the molecule is Cc1cc2oc(C(=O)Oc3ccc4c(c3)OC(N)=C(C#N)C4c3cccc4ccccc34)c(C)c2cc1C. The fraction of sp³-hybridized carbons (Fsp3) is 0.125. The molecule has 6 rings (SSSR count). The van der Waals surface area contributed by atoms with Crippen LogP contribution in [0.25, 0.3) is 21.7 Å². The maximum absolute atomic E-state index is 13.1. The lowest BCUT2D eigenvalue weighted by Gasteiger charge is -2.27. The first-order chi connectivity index (χ1) is 18.4. The van der Waals surface area contributed by atoms with E-state index in [9.17, 15) is 10.1 Å². The molecule has 6 nitrogen and oxygen atoms in total. The number of ether oxygens (including phenoxy) is 2. The van der Waals surface area contributed by atoms with Crippen molar-refractivity contribution in [3.8, 4) is 17.6 Å². The number of hydrogen-bond acceptors (Lipinski definition) is 6. The summed E-state index contributed by atoms with van der Waals surface area (Å²) in [4.78, 5) is 13.1. The topological polar surface area (TPSA) is 98.5 Å². The van der Waals surface area contributed by atoms with Crippen molar-refractivity contribution >= 4 is 27.7 Å². The lowest BCUT2D eigenvalue weighted by atomic mass is 9.81. The van der Waals surface area contributed by atoms with Crippen molar-refractivity contribution in [1.29, 1.82) is 5.26 Å². The molecule has 38 heavy (non-hydrogen) atoms. The first-order valence-electron chi connectivity index (χ1n) is 12.3. The highest BCUT2D eigenvalue weighted by atomic mass is 16.5. The Morgan fingerprint density at radius 3 is 2.50 bits per heavy atom. The van der Waals surface area contributed by atoms with Crippen molar-refractivity contribution in [2.45, 2.75) is 26.7 Å². The van der Waals surface area contributed by atoms with Gasteiger partial charge in [-0.25, -0.2) is 4.79 Å². The molecular weight excluding hydrogens is 476 g/mol. The molecule has 1 aromatic heterocycles. The van der Waals surface area contributed by atoms with Crippen LogP contribution in [0.4, 0.5) is 0 Å². The van der Waals surface area contributed by atoms with Crippen LogP contribution in [0.5, 0.6) is 11.5 Å². The Kier molecular flexibility index (Phi) is 5.43. The molecule has 5 aromatic rings. The number of furan rings is 1. The third-order valence-corrected chi connectivity index (χ3v) is 7.27. The lowest BCUT2D eigenvalue weighted by molar-refractivity contribution is 0.0702. The summed E-state index contributed by atoms with van der Waals surface area (Å²) >= 11 is 0. The van der Waals surface area contributed by atoms with Crippen LogP contribution in [0, 0.1) is 32.1 Å². The zero-order valence-corrected chi connectivity index (χ0v) is 21.2. The minimum atomic E-state index is -0.600. The van der Waals surface area contributed by atoms with E-state index in [-0.39, 0.29) is 17.4 Å². The molecule has 1 atom stereocenters. The van der Waals surface area contributed by atoms with Crippen molar-refractivity contribution in [3.63, 3.8) is 0 Å². The predicted molar refractivity (Wildman–Crippen MR) is 145 cm³/mol. The normalized spacial score (nSPS) is 14.7. The molecule has 0 aliphatic carbocycles. The van der Waals surface area contributed by atoms with Crippen LogP contribution in [-0.2, 0) is 0 Å². The van der Waals surface area contributed by atoms with Gasteiger partial charge in [-0.15, -0.1) is 0 Å². The van der Waals surface area contributed by atoms with Crippen molar-refractivity contribution in [2.75, 3.05) is 0 Å². The van der Waals surface area contributed by atoms with Gasteiger partial charge in [-0.3, -0.25) is 0 Å². The zero-order valence-electron chi connectivity index (χ0n) is 21.2. The van der Waals surface area contributed by atoms with Gasteiger partial charge in [-0.2, -0.15) is 5.26 Å². The van der Waals surface area contributed by atoms with Crippen LogP contribution in [0.3, 0.4) is 0 Å². The number of hydrogen-bond donors (Lipinski definition) is 1. The van der Waals surface area contributed by atoms with Gasteiger partial charge in [0.05, 0.1) is 5.92 Å². The summed E-state index contributed by atoms with van der Waals surface area (Å²) < 4.78 is 17.4. The highest BCUT2D eigenvalue weighted by molar-refractivity contribution is 5.97. The molecule has 186 valence electrons. The largest absolute Gasteiger partial charge is 0.449 e. The standard InChI is InChI=1S/C32H24N2O4/c1-17-13-25-19(3)30(37-27(25)14-18(17)2)32(35)36-21-11-12-24-28(15-21)38-31(34)26(16-33)29(24)23-10-6-8-20-7-4-5-9-22(20)23/h4-15,29H,34H2,1-3H3. The number of allylic oxidation sites excluding steroid dienone is 1. The van der Waals surface area contributed by atoms with Gasteiger partial charge in [0, 0.05) is 22.6 Å². The molecule has 1 aliphatic heterocycles. The number of rotatable bonds is 3. The average molecular weight is 501 g/mol. The molecule has 0 saturated heterocycles.